The molecule has 0 fully saturated rings. The minimum atomic E-state index is -0.237. The first-order valence-electron chi connectivity index (χ1n) is 4.47. The molecular weight excluding hydrogens is 288 g/mol. The first-order chi connectivity index (χ1) is 6.93. The Morgan fingerprint density at radius 1 is 0.714 bits per heavy atom. The van der Waals surface area contributed by atoms with Crippen molar-refractivity contribution in [2.75, 3.05) is 0 Å². The van der Waals surface area contributed by atoms with Crippen molar-refractivity contribution in [3.63, 3.8) is 0 Å². The summed E-state index contributed by atoms with van der Waals surface area (Å²) < 4.78 is 8.61. The van der Waals surface area contributed by atoms with Gasteiger partial charge in [-0.3, -0.25) is 0 Å². The topological polar surface area (TPSA) is 9.23 Å². The van der Waals surface area contributed by atoms with Gasteiger partial charge in [-0.25, -0.2) is 0 Å². The van der Waals surface area contributed by atoms with Crippen molar-refractivity contribution in [1.29, 1.82) is 0 Å². The summed E-state index contributed by atoms with van der Waals surface area (Å²) in [5.41, 5.74) is 0. The van der Waals surface area contributed by atoms with Crippen molar-refractivity contribution in [3.8, 4) is 11.5 Å². The van der Waals surface area contributed by atoms with E-state index in [-0.39, 0.29) is 20.9 Å². The first kappa shape index (κ1) is 8.35. The molecule has 0 atom stereocenters. The van der Waals surface area contributed by atoms with Crippen molar-refractivity contribution in [1.82, 2.24) is 0 Å². The molecule has 0 radical (unpaired) electrons. The zero-order chi connectivity index (χ0) is 9.38. The molecule has 0 spiro atoms. The average Bonchev–Trinajstić information content (AvgIpc) is 2.26. The van der Waals surface area contributed by atoms with Gasteiger partial charge in [0.15, 0.2) is 0 Å². The quantitative estimate of drug-likeness (QED) is 0.571. The Morgan fingerprint density at radius 2 is 1.21 bits per heavy atom. The van der Waals surface area contributed by atoms with E-state index in [0.29, 0.717) is 0 Å². The van der Waals surface area contributed by atoms with Crippen LogP contribution in [0.2, 0.25) is 0 Å². The summed E-state index contributed by atoms with van der Waals surface area (Å²) >= 11 is -0.237. The van der Waals surface area contributed by atoms with E-state index in [1.54, 1.807) is 0 Å². The summed E-state index contributed by atoms with van der Waals surface area (Å²) in [5.74, 6) is 2.10. The van der Waals surface area contributed by atoms with Gasteiger partial charge < -0.3 is 0 Å². The van der Waals surface area contributed by atoms with E-state index in [1.165, 1.54) is 7.22 Å². The Labute approximate surface area is 92.8 Å². The molecule has 14 heavy (non-hydrogen) atoms. The Bertz CT molecular complexity index is 392. The van der Waals surface area contributed by atoms with Crippen LogP contribution in [0.5, 0.6) is 11.5 Å². The molecule has 0 aliphatic carbocycles. The van der Waals surface area contributed by atoms with Crippen LogP contribution in [0, 0.1) is 0 Å². The van der Waals surface area contributed by atoms with Crippen LogP contribution in [-0.2, 0) is 0 Å². The fourth-order valence-corrected chi connectivity index (χ4v) is 4.19. The van der Waals surface area contributed by atoms with E-state index in [9.17, 15) is 0 Å². The second-order valence-corrected chi connectivity index (χ2v) is 6.19. The summed E-state index contributed by atoms with van der Waals surface area (Å²) in [6, 6.07) is 16.7. The van der Waals surface area contributed by atoms with Gasteiger partial charge in [-0.1, -0.05) is 0 Å². The molecule has 0 amide bonds. The molecule has 3 rings (SSSR count). The minimum absolute atomic E-state index is 0.237. The van der Waals surface area contributed by atoms with Crippen LogP contribution in [0.25, 0.3) is 0 Å². The fourth-order valence-electron chi connectivity index (χ4n) is 1.47. The third-order valence-electron chi connectivity index (χ3n) is 2.14. The van der Waals surface area contributed by atoms with Crippen LogP contribution < -0.4 is 12.0 Å². The number of fused-ring (bicyclic) bond motifs is 2. The van der Waals surface area contributed by atoms with Crippen LogP contribution in [-0.4, -0.2) is 20.9 Å². The summed E-state index contributed by atoms with van der Waals surface area (Å²) in [4.78, 5) is 0. The number of hydrogen-bond acceptors (Lipinski definition) is 1. The maximum atomic E-state index is 5.81. The Hall–Kier alpha value is -0.970. The van der Waals surface area contributed by atoms with Crippen LogP contribution in [0.4, 0.5) is 0 Å². The predicted molar refractivity (Wildman–Crippen MR) is 58.0 cm³/mol. The number of benzene rings is 2. The van der Waals surface area contributed by atoms with Gasteiger partial charge in [0.25, 0.3) is 0 Å². The van der Waals surface area contributed by atoms with Gasteiger partial charge in [-0.15, -0.1) is 0 Å². The molecule has 2 heteroatoms. The maximum absolute atomic E-state index is 5.81. The normalized spacial score (nSPS) is 12.6. The molecule has 1 nitrogen and oxygen atoms in total. The van der Waals surface area contributed by atoms with Crippen LogP contribution in [0.3, 0.4) is 0 Å². The van der Waals surface area contributed by atoms with Gasteiger partial charge in [-0.2, -0.15) is 0 Å². The molecule has 0 saturated heterocycles. The number of hydrogen-bond donors (Lipinski definition) is 0. The molecule has 1 heterocycles. The van der Waals surface area contributed by atoms with Crippen molar-refractivity contribution in [3.05, 3.63) is 48.5 Å². The molecule has 0 unspecified atom stereocenters. The van der Waals surface area contributed by atoms with E-state index < -0.39 is 0 Å². The average molecular weight is 296 g/mol. The molecule has 2 aromatic rings. The molecule has 0 aromatic heterocycles. The molecule has 1 aliphatic heterocycles. The second-order valence-electron chi connectivity index (χ2n) is 3.10. The van der Waals surface area contributed by atoms with Gasteiger partial charge in [0.1, 0.15) is 0 Å². The predicted octanol–water partition coefficient (Wildman–Crippen LogP) is 1.45. The number of rotatable bonds is 0. The summed E-state index contributed by atoms with van der Waals surface area (Å²) in [5, 5.41) is 0. The standard InChI is InChI=1S/C12H8OTe/c1-3-7-11-9(5-1)13-10-6-2-4-8-12(10)14-11/h1-8H. The summed E-state index contributed by atoms with van der Waals surface area (Å²) in [6.45, 7) is 0. The Kier molecular flexibility index (Phi) is 1.97. The van der Waals surface area contributed by atoms with Gasteiger partial charge >= 0.3 is 92.9 Å². The van der Waals surface area contributed by atoms with E-state index in [0.717, 1.165) is 11.5 Å². The van der Waals surface area contributed by atoms with Crippen LogP contribution >= 0.6 is 0 Å². The van der Waals surface area contributed by atoms with Gasteiger partial charge in [0.05, 0.1) is 0 Å². The molecule has 2 aromatic carbocycles. The third kappa shape index (κ3) is 1.32. The molecule has 0 N–H and O–H groups in total. The molecule has 68 valence electrons. The first-order valence-corrected chi connectivity index (χ1v) is 6.80. The summed E-state index contributed by atoms with van der Waals surface area (Å²) in [6.07, 6.45) is 0. The monoisotopic (exact) mass is 298 g/mol. The Morgan fingerprint density at radius 3 is 1.79 bits per heavy atom. The van der Waals surface area contributed by atoms with Crippen molar-refractivity contribution in [2.24, 2.45) is 0 Å². The van der Waals surface area contributed by atoms with E-state index in [4.69, 9.17) is 4.74 Å². The van der Waals surface area contributed by atoms with Crippen LogP contribution in [0.15, 0.2) is 48.5 Å². The zero-order valence-corrected chi connectivity index (χ0v) is 9.77. The van der Waals surface area contributed by atoms with Crippen molar-refractivity contribution >= 4 is 28.1 Å². The fraction of sp³-hybridized carbons (Fsp3) is 0. The van der Waals surface area contributed by atoms with Gasteiger partial charge in [0.2, 0.25) is 0 Å². The van der Waals surface area contributed by atoms with Crippen molar-refractivity contribution < 1.29 is 4.74 Å². The van der Waals surface area contributed by atoms with Gasteiger partial charge in [0, 0.05) is 0 Å². The number of para-hydroxylation sites is 2. The SMILES string of the molecule is c1ccc2c(c1)Oc1ccccc1[Te]2. The summed E-state index contributed by atoms with van der Waals surface area (Å²) in [7, 11) is 0. The number of ether oxygens (including phenoxy) is 1. The van der Waals surface area contributed by atoms with E-state index in [2.05, 4.69) is 36.4 Å². The zero-order valence-electron chi connectivity index (χ0n) is 7.44. The Balaban J connectivity index is 2.12. The molecule has 1 aliphatic rings. The third-order valence-corrected chi connectivity index (χ3v) is 5.32. The van der Waals surface area contributed by atoms with E-state index >= 15 is 0 Å². The molecular formula is C12H8OTe. The second kappa shape index (κ2) is 3.31. The van der Waals surface area contributed by atoms with Gasteiger partial charge in [-0.05, 0) is 0 Å². The van der Waals surface area contributed by atoms with E-state index in [1.807, 2.05) is 12.1 Å². The van der Waals surface area contributed by atoms with Crippen LogP contribution in [0.1, 0.15) is 0 Å². The molecule has 0 bridgehead atoms. The van der Waals surface area contributed by atoms with Crippen molar-refractivity contribution in [2.45, 2.75) is 0 Å². The molecule has 0 saturated carbocycles.